The van der Waals surface area contributed by atoms with Crippen LogP contribution in [0.5, 0.6) is 0 Å². The van der Waals surface area contributed by atoms with Crippen LogP contribution in [0.3, 0.4) is 0 Å². The number of aromatic nitrogens is 3. The fourth-order valence-electron chi connectivity index (χ4n) is 2.71. The molecule has 1 atom stereocenters. The number of carbonyl (C=O) groups excluding carboxylic acids is 1. The average molecular weight is 373 g/mol. The fraction of sp³-hybridized carbons (Fsp3) is 0.235. The van der Waals surface area contributed by atoms with Crippen LogP contribution in [0.2, 0.25) is 0 Å². The van der Waals surface area contributed by atoms with Crippen molar-refractivity contribution < 1.29 is 13.2 Å². The number of benzene rings is 1. The molecule has 2 aromatic heterocycles. The van der Waals surface area contributed by atoms with Gasteiger partial charge in [-0.05, 0) is 25.1 Å². The first-order valence-corrected chi connectivity index (χ1v) is 9.82. The SMILES string of the molecule is C[C@H](C(=O)NCc1cnn2cccnc12)N(c1ccccc1)S(C)(=O)=O. The van der Waals surface area contributed by atoms with Crippen LogP contribution < -0.4 is 9.62 Å². The van der Waals surface area contributed by atoms with Gasteiger partial charge in [0.25, 0.3) is 0 Å². The standard InChI is InChI=1S/C17H19N5O3S/c1-13(22(26(2,24)25)15-7-4-3-5-8-15)17(23)19-11-14-12-20-21-10-6-9-18-16(14)21/h3-10,12-13H,11H2,1-2H3,(H,19,23)/t13-/m1/s1. The summed E-state index contributed by atoms with van der Waals surface area (Å²) in [6.45, 7) is 1.76. The summed E-state index contributed by atoms with van der Waals surface area (Å²) < 4.78 is 27.1. The molecule has 26 heavy (non-hydrogen) atoms. The van der Waals surface area contributed by atoms with Crippen molar-refractivity contribution in [1.82, 2.24) is 19.9 Å². The van der Waals surface area contributed by atoms with E-state index in [9.17, 15) is 13.2 Å². The molecule has 0 fully saturated rings. The van der Waals surface area contributed by atoms with Crippen molar-refractivity contribution in [3.63, 3.8) is 0 Å². The highest BCUT2D eigenvalue weighted by atomic mass is 32.2. The molecule has 1 N–H and O–H groups in total. The van der Waals surface area contributed by atoms with E-state index in [4.69, 9.17) is 0 Å². The Bertz CT molecular complexity index is 1020. The minimum atomic E-state index is -3.63. The van der Waals surface area contributed by atoms with Crippen LogP contribution in [0.15, 0.2) is 55.0 Å². The lowest BCUT2D eigenvalue weighted by molar-refractivity contribution is -0.122. The first kappa shape index (κ1) is 17.9. The van der Waals surface area contributed by atoms with E-state index in [1.165, 1.54) is 0 Å². The van der Waals surface area contributed by atoms with Gasteiger partial charge >= 0.3 is 0 Å². The van der Waals surface area contributed by atoms with Crippen molar-refractivity contribution in [3.05, 3.63) is 60.6 Å². The molecular weight excluding hydrogens is 354 g/mol. The number of hydrogen-bond acceptors (Lipinski definition) is 5. The van der Waals surface area contributed by atoms with Crippen LogP contribution in [0.4, 0.5) is 5.69 Å². The third-order valence-electron chi connectivity index (χ3n) is 3.90. The molecule has 136 valence electrons. The van der Waals surface area contributed by atoms with Gasteiger partial charge in [-0.25, -0.2) is 17.9 Å². The molecule has 3 rings (SSSR count). The molecule has 2 heterocycles. The molecule has 9 heteroatoms. The van der Waals surface area contributed by atoms with Crippen molar-refractivity contribution >= 4 is 27.3 Å². The number of carbonyl (C=O) groups is 1. The second-order valence-corrected chi connectivity index (χ2v) is 7.71. The predicted molar refractivity (Wildman–Crippen MR) is 98.1 cm³/mol. The normalized spacial score (nSPS) is 12.7. The monoisotopic (exact) mass is 373 g/mol. The number of para-hydroxylation sites is 1. The van der Waals surface area contributed by atoms with Crippen molar-refractivity contribution in [1.29, 1.82) is 0 Å². The van der Waals surface area contributed by atoms with Gasteiger partial charge in [0.1, 0.15) is 6.04 Å². The second-order valence-electron chi connectivity index (χ2n) is 5.85. The zero-order valence-electron chi connectivity index (χ0n) is 14.4. The first-order valence-electron chi connectivity index (χ1n) is 7.97. The maximum absolute atomic E-state index is 12.6. The Morgan fingerprint density at radius 2 is 2.00 bits per heavy atom. The number of rotatable bonds is 6. The van der Waals surface area contributed by atoms with E-state index in [1.807, 2.05) is 0 Å². The van der Waals surface area contributed by atoms with Crippen molar-refractivity contribution in [3.8, 4) is 0 Å². The number of nitrogens with zero attached hydrogens (tertiary/aromatic N) is 4. The molecule has 8 nitrogen and oxygen atoms in total. The summed E-state index contributed by atoms with van der Waals surface area (Å²) in [7, 11) is -3.63. The van der Waals surface area contributed by atoms with Gasteiger partial charge in [-0.15, -0.1) is 0 Å². The second kappa shape index (κ2) is 7.12. The Morgan fingerprint density at radius 3 is 2.69 bits per heavy atom. The van der Waals surface area contributed by atoms with E-state index in [-0.39, 0.29) is 6.54 Å². The quantitative estimate of drug-likeness (QED) is 0.700. The minimum Gasteiger partial charge on any atom is -0.350 e. The molecule has 0 saturated heterocycles. The maximum Gasteiger partial charge on any atom is 0.243 e. The van der Waals surface area contributed by atoms with Gasteiger partial charge in [0.2, 0.25) is 15.9 Å². The Balaban J connectivity index is 1.77. The summed E-state index contributed by atoms with van der Waals surface area (Å²) >= 11 is 0. The van der Waals surface area contributed by atoms with E-state index in [2.05, 4.69) is 15.4 Å². The minimum absolute atomic E-state index is 0.204. The summed E-state index contributed by atoms with van der Waals surface area (Å²) in [4.78, 5) is 16.8. The van der Waals surface area contributed by atoms with Gasteiger partial charge in [0.05, 0.1) is 18.1 Å². The third-order valence-corrected chi connectivity index (χ3v) is 5.15. The summed E-state index contributed by atoms with van der Waals surface area (Å²) in [5, 5.41) is 6.92. The summed E-state index contributed by atoms with van der Waals surface area (Å²) in [5.41, 5.74) is 1.83. The molecule has 1 amide bonds. The number of hydrogen-bond donors (Lipinski definition) is 1. The summed E-state index contributed by atoms with van der Waals surface area (Å²) in [5.74, 6) is -0.408. The highest BCUT2D eigenvalue weighted by molar-refractivity contribution is 7.92. The number of nitrogens with one attached hydrogen (secondary N) is 1. The van der Waals surface area contributed by atoms with Crippen LogP contribution >= 0.6 is 0 Å². The highest BCUT2D eigenvalue weighted by Crippen LogP contribution is 2.20. The Morgan fingerprint density at radius 1 is 1.27 bits per heavy atom. The largest absolute Gasteiger partial charge is 0.350 e. The van der Waals surface area contributed by atoms with Crippen molar-refractivity contribution in [2.75, 3.05) is 10.6 Å². The Kier molecular flexibility index (Phi) is 4.90. The van der Waals surface area contributed by atoms with Gasteiger partial charge in [-0.2, -0.15) is 5.10 Å². The molecule has 0 radical (unpaired) electrons. The van der Waals surface area contributed by atoms with E-state index in [0.29, 0.717) is 11.3 Å². The average Bonchev–Trinajstić information content (AvgIpc) is 3.02. The molecule has 0 aliphatic carbocycles. The van der Waals surface area contributed by atoms with Crippen LogP contribution in [0.25, 0.3) is 5.65 Å². The smallest absolute Gasteiger partial charge is 0.243 e. The molecule has 1 aromatic carbocycles. The first-order chi connectivity index (χ1) is 12.4. The Hall–Kier alpha value is -2.94. The number of fused-ring (bicyclic) bond motifs is 1. The van der Waals surface area contributed by atoms with Gasteiger partial charge in [0, 0.05) is 24.5 Å². The fourth-order valence-corrected chi connectivity index (χ4v) is 3.89. The van der Waals surface area contributed by atoms with E-state index >= 15 is 0 Å². The zero-order valence-corrected chi connectivity index (χ0v) is 15.2. The molecule has 0 spiro atoms. The zero-order chi connectivity index (χ0) is 18.7. The molecule has 0 aliphatic heterocycles. The van der Waals surface area contributed by atoms with Gasteiger partial charge < -0.3 is 5.32 Å². The van der Waals surface area contributed by atoms with Crippen molar-refractivity contribution in [2.24, 2.45) is 0 Å². The van der Waals surface area contributed by atoms with E-state index in [1.54, 1.807) is 66.4 Å². The number of anilines is 1. The molecule has 0 bridgehead atoms. The summed E-state index contributed by atoms with van der Waals surface area (Å²) in [6, 6.07) is 9.40. The third kappa shape index (κ3) is 3.67. The molecule has 0 unspecified atom stereocenters. The number of sulfonamides is 1. The van der Waals surface area contributed by atoms with Crippen LogP contribution in [0.1, 0.15) is 12.5 Å². The molecule has 3 aromatic rings. The lowest BCUT2D eigenvalue weighted by Crippen LogP contribution is -2.47. The molecular formula is C17H19N5O3S. The van der Waals surface area contributed by atoms with Crippen LogP contribution in [-0.2, 0) is 21.4 Å². The van der Waals surface area contributed by atoms with E-state index in [0.717, 1.165) is 16.1 Å². The maximum atomic E-state index is 12.6. The summed E-state index contributed by atoms with van der Waals surface area (Å²) in [6.07, 6.45) is 6.11. The number of amides is 1. The lowest BCUT2D eigenvalue weighted by atomic mass is 10.2. The van der Waals surface area contributed by atoms with Gasteiger partial charge in [-0.1, -0.05) is 18.2 Å². The topological polar surface area (TPSA) is 96.7 Å². The van der Waals surface area contributed by atoms with Crippen LogP contribution in [0, 0.1) is 0 Å². The Labute approximate surface area is 151 Å². The van der Waals surface area contributed by atoms with Gasteiger partial charge in [-0.3, -0.25) is 9.10 Å². The molecule has 0 aliphatic rings. The van der Waals surface area contributed by atoms with Crippen LogP contribution in [-0.4, -0.2) is 41.2 Å². The van der Waals surface area contributed by atoms with Crippen molar-refractivity contribution in [2.45, 2.75) is 19.5 Å². The van der Waals surface area contributed by atoms with Gasteiger partial charge in [0.15, 0.2) is 5.65 Å². The predicted octanol–water partition coefficient (Wildman–Crippen LogP) is 1.20. The lowest BCUT2D eigenvalue weighted by Gasteiger charge is -2.28. The highest BCUT2D eigenvalue weighted by Gasteiger charge is 2.28. The molecule has 0 saturated carbocycles. The van der Waals surface area contributed by atoms with E-state index < -0.39 is 22.0 Å².